The van der Waals surface area contributed by atoms with E-state index < -0.39 is 5.97 Å². The van der Waals surface area contributed by atoms with Crippen molar-refractivity contribution >= 4 is 14.4 Å². The third kappa shape index (κ3) is 5.07. The first-order chi connectivity index (χ1) is 7.11. The van der Waals surface area contributed by atoms with Crippen LogP contribution in [0.15, 0.2) is 0 Å². The van der Waals surface area contributed by atoms with E-state index in [2.05, 4.69) is 34.6 Å². The van der Waals surface area contributed by atoms with Gasteiger partial charge in [-0.15, -0.1) is 0 Å². The van der Waals surface area contributed by atoms with Gasteiger partial charge in [0.1, 0.15) is 0 Å². The quantitative estimate of drug-likeness (QED) is 0.724. The number of aliphatic carboxylic acids is 1. The van der Waals surface area contributed by atoms with Crippen molar-refractivity contribution in [2.45, 2.75) is 47.5 Å². The van der Waals surface area contributed by atoms with E-state index in [-0.39, 0.29) is 31.6 Å². The van der Waals surface area contributed by atoms with Crippen LogP contribution in [0.5, 0.6) is 0 Å². The molecule has 16 heavy (non-hydrogen) atoms. The fourth-order valence-corrected chi connectivity index (χ4v) is 3.09. The maximum absolute atomic E-state index is 10.8. The van der Waals surface area contributed by atoms with Crippen molar-refractivity contribution in [3.8, 4) is 0 Å². The van der Waals surface area contributed by atoms with E-state index in [1.807, 2.05) is 0 Å². The lowest BCUT2D eigenvalue weighted by atomic mass is 9.65. The SMILES string of the molecule is CC(C)(C)[C@H](CCC(=O)O)C(C)(C)CP=O. The summed E-state index contributed by atoms with van der Waals surface area (Å²) in [4.78, 5) is 10.7. The van der Waals surface area contributed by atoms with Crippen molar-refractivity contribution in [3.63, 3.8) is 0 Å². The van der Waals surface area contributed by atoms with Crippen LogP contribution in [0, 0.1) is 16.7 Å². The summed E-state index contributed by atoms with van der Waals surface area (Å²) < 4.78 is 10.8. The van der Waals surface area contributed by atoms with Crippen LogP contribution in [0.4, 0.5) is 0 Å². The molecule has 0 saturated heterocycles. The van der Waals surface area contributed by atoms with E-state index in [1.54, 1.807) is 0 Å². The van der Waals surface area contributed by atoms with Crippen LogP contribution in [0.3, 0.4) is 0 Å². The molecule has 0 spiro atoms. The van der Waals surface area contributed by atoms with Crippen molar-refractivity contribution in [2.24, 2.45) is 16.7 Å². The van der Waals surface area contributed by atoms with Crippen LogP contribution in [0.25, 0.3) is 0 Å². The molecule has 0 fully saturated rings. The number of hydrogen-bond donors (Lipinski definition) is 1. The summed E-state index contributed by atoms with van der Waals surface area (Å²) in [6.45, 7) is 10.5. The van der Waals surface area contributed by atoms with Gasteiger partial charge in [-0.2, -0.15) is 0 Å². The van der Waals surface area contributed by atoms with Gasteiger partial charge in [-0.05, 0) is 23.2 Å². The van der Waals surface area contributed by atoms with Crippen molar-refractivity contribution in [1.82, 2.24) is 0 Å². The molecule has 0 aliphatic heterocycles. The van der Waals surface area contributed by atoms with Gasteiger partial charge >= 0.3 is 5.97 Å². The minimum Gasteiger partial charge on any atom is -0.481 e. The van der Waals surface area contributed by atoms with Crippen molar-refractivity contribution in [1.29, 1.82) is 0 Å². The molecule has 0 heterocycles. The molecule has 1 atom stereocenters. The molecule has 0 amide bonds. The summed E-state index contributed by atoms with van der Waals surface area (Å²) in [5, 5.41) is 8.76. The topological polar surface area (TPSA) is 54.4 Å². The predicted molar refractivity (Wildman–Crippen MR) is 66.1 cm³/mol. The molecule has 4 heteroatoms. The average Bonchev–Trinajstić information content (AvgIpc) is 1.99. The van der Waals surface area contributed by atoms with Gasteiger partial charge in [0.25, 0.3) is 0 Å². The molecule has 94 valence electrons. The van der Waals surface area contributed by atoms with Crippen molar-refractivity contribution < 1.29 is 14.5 Å². The first-order valence-electron chi connectivity index (χ1n) is 5.62. The average molecular weight is 246 g/mol. The number of carbonyl (C=O) groups is 1. The van der Waals surface area contributed by atoms with Gasteiger partial charge in [-0.3, -0.25) is 9.36 Å². The highest BCUT2D eigenvalue weighted by molar-refractivity contribution is 7.23. The van der Waals surface area contributed by atoms with E-state index in [0.717, 1.165) is 0 Å². The summed E-state index contributed by atoms with van der Waals surface area (Å²) in [7, 11) is 0.136. The zero-order valence-corrected chi connectivity index (χ0v) is 11.8. The molecule has 0 radical (unpaired) electrons. The Labute approximate surface area is 99.8 Å². The van der Waals surface area contributed by atoms with Crippen LogP contribution in [-0.2, 0) is 9.36 Å². The molecule has 0 aromatic rings. The second-order valence-corrected chi connectivity index (χ2v) is 6.70. The number of hydrogen-bond acceptors (Lipinski definition) is 2. The zero-order chi connectivity index (χ0) is 13.0. The monoisotopic (exact) mass is 246 g/mol. The molecule has 0 aliphatic rings. The summed E-state index contributed by atoms with van der Waals surface area (Å²) >= 11 is 0. The fourth-order valence-electron chi connectivity index (χ4n) is 2.54. The Kier molecular flexibility index (Phi) is 5.61. The molecule has 0 bridgehead atoms. The van der Waals surface area contributed by atoms with Gasteiger partial charge in [0.05, 0.1) is 0 Å². The second-order valence-electron chi connectivity index (χ2n) is 6.13. The Balaban J connectivity index is 4.79. The Morgan fingerprint density at radius 2 is 1.75 bits per heavy atom. The molecule has 0 rings (SSSR count). The molecular formula is C12H23O3P. The van der Waals surface area contributed by atoms with Crippen LogP contribution in [0.2, 0.25) is 0 Å². The third-order valence-electron chi connectivity index (χ3n) is 3.11. The highest BCUT2D eigenvalue weighted by Gasteiger charge is 2.37. The lowest BCUT2D eigenvalue weighted by Crippen LogP contribution is -2.36. The highest BCUT2D eigenvalue weighted by Crippen LogP contribution is 2.44. The Morgan fingerprint density at radius 3 is 2.06 bits per heavy atom. The number of rotatable bonds is 6. The summed E-state index contributed by atoms with van der Waals surface area (Å²) in [5.74, 6) is -0.512. The van der Waals surface area contributed by atoms with Crippen LogP contribution in [0.1, 0.15) is 47.5 Å². The van der Waals surface area contributed by atoms with Crippen LogP contribution in [-0.4, -0.2) is 17.2 Å². The molecule has 1 N–H and O–H groups in total. The van der Waals surface area contributed by atoms with Gasteiger partial charge in [0.2, 0.25) is 0 Å². The van der Waals surface area contributed by atoms with Crippen LogP contribution >= 0.6 is 8.46 Å². The lowest BCUT2D eigenvalue weighted by molar-refractivity contribution is -0.137. The Hall–Kier alpha value is -0.430. The van der Waals surface area contributed by atoms with E-state index in [1.165, 1.54) is 0 Å². The fraction of sp³-hybridized carbons (Fsp3) is 0.917. The van der Waals surface area contributed by atoms with Gasteiger partial charge in [0.15, 0.2) is 8.46 Å². The second kappa shape index (κ2) is 5.77. The van der Waals surface area contributed by atoms with Gasteiger partial charge in [-0.1, -0.05) is 34.6 Å². The van der Waals surface area contributed by atoms with Crippen molar-refractivity contribution in [3.05, 3.63) is 0 Å². The standard InChI is InChI=1S/C12H23O3P/c1-11(2,3)9(6-7-10(13)14)12(4,5)8-16-15/h9H,6-8H2,1-5H3,(H,13,14)/t9-/m0/s1. The minimum absolute atomic E-state index is 0.0314. The molecule has 3 nitrogen and oxygen atoms in total. The van der Waals surface area contributed by atoms with E-state index in [9.17, 15) is 9.36 Å². The summed E-state index contributed by atoms with van der Waals surface area (Å²) in [6.07, 6.45) is 1.40. The molecule has 0 aromatic carbocycles. The Bertz CT molecular complexity index is 253. The third-order valence-corrected chi connectivity index (χ3v) is 4.05. The molecule has 0 saturated carbocycles. The van der Waals surface area contributed by atoms with E-state index in [0.29, 0.717) is 12.6 Å². The molecule has 0 unspecified atom stereocenters. The molecule has 0 aromatic heterocycles. The lowest BCUT2D eigenvalue weighted by Gasteiger charge is -2.42. The molecule has 0 aliphatic carbocycles. The highest BCUT2D eigenvalue weighted by atomic mass is 31.1. The largest absolute Gasteiger partial charge is 0.481 e. The number of carboxylic acid groups (broad SMARTS) is 1. The summed E-state index contributed by atoms with van der Waals surface area (Å²) in [6, 6.07) is 0. The predicted octanol–water partition coefficient (Wildman–Crippen LogP) is 3.83. The molecular weight excluding hydrogens is 223 g/mol. The smallest absolute Gasteiger partial charge is 0.303 e. The first kappa shape index (κ1) is 15.6. The van der Waals surface area contributed by atoms with E-state index >= 15 is 0 Å². The van der Waals surface area contributed by atoms with Crippen LogP contribution < -0.4 is 0 Å². The first-order valence-corrected chi connectivity index (χ1v) is 6.62. The van der Waals surface area contributed by atoms with Gasteiger partial charge in [0, 0.05) is 12.6 Å². The maximum Gasteiger partial charge on any atom is 0.303 e. The van der Waals surface area contributed by atoms with Crippen molar-refractivity contribution in [2.75, 3.05) is 6.16 Å². The maximum atomic E-state index is 10.8. The number of carboxylic acids is 1. The minimum atomic E-state index is -0.760. The van der Waals surface area contributed by atoms with E-state index in [4.69, 9.17) is 5.11 Å². The Morgan fingerprint density at radius 1 is 1.25 bits per heavy atom. The van der Waals surface area contributed by atoms with Gasteiger partial charge in [-0.25, -0.2) is 0 Å². The summed E-state index contributed by atoms with van der Waals surface area (Å²) in [5.41, 5.74) is -0.0688. The normalized spacial score (nSPS) is 15.1. The van der Waals surface area contributed by atoms with Gasteiger partial charge < -0.3 is 5.11 Å². The zero-order valence-electron chi connectivity index (χ0n) is 10.9.